The Bertz CT molecular complexity index is 626. The van der Waals surface area contributed by atoms with Crippen LogP contribution in [0.5, 0.6) is 0 Å². The number of halogens is 1. The van der Waals surface area contributed by atoms with E-state index < -0.39 is 0 Å². The first-order chi connectivity index (χ1) is 10.8. The van der Waals surface area contributed by atoms with E-state index in [1.54, 1.807) is 0 Å². The Morgan fingerprint density at radius 3 is 2.83 bits per heavy atom. The molecule has 0 saturated carbocycles. The molecular formula is C16H26IN5S. The third-order valence-corrected chi connectivity index (χ3v) is 3.97. The monoisotopic (exact) mass is 447 g/mol. The second-order valence-corrected chi connectivity index (χ2v) is 5.97. The van der Waals surface area contributed by atoms with Crippen LogP contribution in [0.1, 0.15) is 12.7 Å². The second kappa shape index (κ2) is 10.7. The number of aromatic nitrogens is 2. The summed E-state index contributed by atoms with van der Waals surface area (Å²) in [6.45, 7) is 7.55. The Hall–Kier alpha value is -0.960. The van der Waals surface area contributed by atoms with E-state index in [4.69, 9.17) is 0 Å². The minimum atomic E-state index is 0. The van der Waals surface area contributed by atoms with Crippen molar-refractivity contribution < 1.29 is 0 Å². The molecule has 0 fully saturated rings. The lowest BCUT2D eigenvalue weighted by Crippen LogP contribution is -2.39. The van der Waals surface area contributed by atoms with Crippen molar-refractivity contribution >= 4 is 52.7 Å². The first-order valence-corrected chi connectivity index (χ1v) is 9.08. The summed E-state index contributed by atoms with van der Waals surface area (Å²) in [5, 5.41) is 6.67. The van der Waals surface area contributed by atoms with Crippen molar-refractivity contribution in [3.8, 4) is 0 Å². The van der Waals surface area contributed by atoms with Crippen LogP contribution in [0.2, 0.25) is 0 Å². The number of aryl methyl sites for hydroxylation is 1. The summed E-state index contributed by atoms with van der Waals surface area (Å²) in [4.78, 5) is 9.15. The summed E-state index contributed by atoms with van der Waals surface area (Å²) in [5.74, 6) is 2.98. The quantitative estimate of drug-likeness (QED) is 0.297. The van der Waals surface area contributed by atoms with Crippen molar-refractivity contribution in [1.82, 2.24) is 20.2 Å². The van der Waals surface area contributed by atoms with E-state index in [2.05, 4.69) is 63.5 Å². The van der Waals surface area contributed by atoms with E-state index in [9.17, 15) is 0 Å². The molecule has 1 aromatic carbocycles. The second-order valence-electron chi connectivity index (χ2n) is 4.98. The number of guanidine groups is 1. The van der Waals surface area contributed by atoms with Gasteiger partial charge in [0.2, 0.25) is 0 Å². The van der Waals surface area contributed by atoms with Crippen LogP contribution in [0.25, 0.3) is 11.0 Å². The largest absolute Gasteiger partial charge is 0.357 e. The van der Waals surface area contributed by atoms with Gasteiger partial charge in [0.25, 0.3) is 0 Å². The molecular weight excluding hydrogens is 421 g/mol. The molecule has 0 saturated heterocycles. The van der Waals surface area contributed by atoms with Gasteiger partial charge in [-0.2, -0.15) is 11.8 Å². The molecule has 0 bridgehead atoms. The van der Waals surface area contributed by atoms with Gasteiger partial charge >= 0.3 is 0 Å². The summed E-state index contributed by atoms with van der Waals surface area (Å²) in [7, 11) is 0. The van der Waals surface area contributed by atoms with Crippen molar-refractivity contribution in [3.63, 3.8) is 0 Å². The number of benzene rings is 1. The fourth-order valence-corrected chi connectivity index (χ4v) is 2.63. The van der Waals surface area contributed by atoms with Gasteiger partial charge in [0.15, 0.2) is 5.96 Å². The van der Waals surface area contributed by atoms with Gasteiger partial charge in [0.05, 0.1) is 17.6 Å². The van der Waals surface area contributed by atoms with Crippen LogP contribution in [-0.2, 0) is 6.54 Å². The molecule has 0 radical (unpaired) electrons. The Balaban J connectivity index is 0.00000264. The maximum Gasteiger partial charge on any atom is 0.191 e. The van der Waals surface area contributed by atoms with Gasteiger partial charge in [0, 0.05) is 25.4 Å². The van der Waals surface area contributed by atoms with E-state index in [-0.39, 0.29) is 24.0 Å². The van der Waals surface area contributed by atoms with Gasteiger partial charge in [-0.15, -0.1) is 24.0 Å². The van der Waals surface area contributed by atoms with Crippen LogP contribution in [0.4, 0.5) is 0 Å². The van der Waals surface area contributed by atoms with Gasteiger partial charge in [-0.25, -0.2) is 4.98 Å². The van der Waals surface area contributed by atoms with Crippen LogP contribution in [0.3, 0.4) is 0 Å². The predicted molar refractivity (Wildman–Crippen MR) is 112 cm³/mol. The molecule has 0 aliphatic heterocycles. The number of para-hydroxylation sites is 2. The molecule has 2 N–H and O–H groups in total. The van der Waals surface area contributed by atoms with Gasteiger partial charge in [0.1, 0.15) is 5.82 Å². The maximum atomic E-state index is 4.59. The van der Waals surface area contributed by atoms with Crippen LogP contribution < -0.4 is 10.6 Å². The Morgan fingerprint density at radius 1 is 1.30 bits per heavy atom. The van der Waals surface area contributed by atoms with Crippen molar-refractivity contribution in [2.45, 2.75) is 20.4 Å². The molecule has 1 heterocycles. The fraction of sp³-hybridized carbons (Fsp3) is 0.500. The van der Waals surface area contributed by atoms with E-state index in [1.807, 2.05) is 17.8 Å². The first kappa shape index (κ1) is 20.1. The molecule has 128 valence electrons. The van der Waals surface area contributed by atoms with E-state index in [0.717, 1.165) is 49.2 Å². The van der Waals surface area contributed by atoms with Crippen LogP contribution in [-0.4, -0.2) is 47.2 Å². The maximum absolute atomic E-state index is 4.59. The number of hydrogen-bond donors (Lipinski definition) is 2. The van der Waals surface area contributed by atoms with Crippen LogP contribution >= 0.6 is 35.7 Å². The smallest absolute Gasteiger partial charge is 0.191 e. The zero-order valence-electron chi connectivity index (χ0n) is 14.0. The van der Waals surface area contributed by atoms with Crippen molar-refractivity contribution in [1.29, 1.82) is 0 Å². The number of rotatable bonds is 7. The molecule has 1 aromatic heterocycles. The highest BCUT2D eigenvalue weighted by molar-refractivity contribution is 14.0. The number of hydrogen-bond acceptors (Lipinski definition) is 3. The molecule has 5 nitrogen and oxygen atoms in total. The molecule has 0 atom stereocenters. The number of nitrogens with one attached hydrogen (secondary N) is 2. The van der Waals surface area contributed by atoms with Gasteiger partial charge in [-0.1, -0.05) is 12.1 Å². The third-order valence-electron chi connectivity index (χ3n) is 3.38. The minimum Gasteiger partial charge on any atom is -0.357 e. The predicted octanol–water partition coefficient (Wildman–Crippen LogP) is 2.88. The average molecular weight is 447 g/mol. The minimum absolute atomic E-state index is 0. The summed E-state index contributed by atoms with van der Waals surface area (Å²) in [5.41, 5.74) is 2.24. The molecule has 0 amide bonds. The summed E-state index contributed by atoms with van der Waals surface area (Å²) >= 11 is 1.81. The highest BCUT2D eigenvalue weighted by Crippen LogP contribution is 2.14. The Morgan fingerprint density at radius 2 is 2.09 bits per heavy atom. The van der Waals surface area contributed by atoms with Crippen molar-refractivity contribution in [3.05, 3.63) is 30.1 Å². The van der Waals surface area contributed by atoms with E-state index >= 15 is 0 Å². The average Bonchev–Trinajstić information content (AvgIpc) is 2.83. The Kier molecular flexibility index (Phi) is 9.39. The summed E-state index contributed by atoms with van der Waals surface area (Å²) in [6.07, 6.45) is 2.10. The van der Waals surface area contributed by atoms with E-state index in [0.29, 0.717) is 0 Å². The lowest BCUT2D eigenvalue weighted by atomic mass is 10.3. The molecule has 0 spiro atoms. The molecule has 0 unspecified atom stereocenters. The molecule has 0 aliphatic rings. The molecule has 2 aromatic rings. The molecule has 23 heavy (non-hydrogen) atoms. The summed E-state index contributed by atoms with van der Waals surface area (Å²) < 4.78 is 2.24. The lowest BCUT2D eigenvalue weighted by Gasteiger charge is -2.12. The van der Waals surface area contributed by atoms with Gasteiger partial charge in [-0.3, -0.25) is 4.99 Å². The van der Waals surface area contributed by atoms with Crippen LogP contribution in [0, 0.1) is 6.92 Å². The topological polar surface area (TPSA) is 54.2 Å². The number of nitrogens with zero attached hydrogens (tertiary/aromatic N) is 3. The molecule has 0 aliphatic carbocycles. The van der Waals surface area contributed by atoms with Gasteiger partial charge in [-0.05, 0) is 32.2 Å². The normalized spacial score (nSPS) is 11.3. The fourth-order valence-electron chi connectivity index (χ4n) is 2.35. The number of imidazole rings is 1. The third kappa shape index (κ3) is 5.87. The van der Waals surface area contributed by atoms with Gasteiger partial charge < -0.3 is 15.2 Å². The van der Waals surface area contributed by atoms with Crippen molar-refractivity contribution in [2.24, 2.45) is 4.99 Å². The lowest BCUT2D eigenvalue weighted by molar-refractivity contribution is 0.661. The Labute approximate surface area is 159 Å². The first-order valence-electron chi connectivity index (χ1n) is 7.69. The molecule has 7 heteroatoms. The SMILES string of the molecule is CCNC(=NCCSC)NCCn1c(C)nc2ccccc21.I. The highest BCUT2D eigenvalue weighted by atomic mass is 127. The van der Waals surface area contributed by atoms with Crippen LogP contribution in [0.15, 0.2) is 29.3 Å². The number of aliphatic imine (C=N–C) groups is 1. The zero-order chi connectivity index (χ0) is 15.8. The molecule has 2 rings (SSSR count). The zero-order valence-corrected chi connectivity index (χ0v) is 17.1. The standard InChI is InChI=1S/C16H25N5S.HI/c1-4-17-16(19-10-12-22-3)18-9-11-21-13(2)20-14-7-5-6-8-15(14)21;/h5-8H,4,9-12H2,1-3H3,(H2,17,18,19);1H. The summed E-state index contributed by atoms with van der Waals surface area (Å²) in [6, 6.07) is 8.26. The highest BCUT2D eigenvalue weighted by Gasteiger charge is 2.06. The number of fused-ring (bicyclic) bond motifs is 1. The van der Waals surface area contributed by atoms with E-state index in [1.165, 1.54) is 5.52 Å². The van der Waals surface area contributed by atoms with Crippen molar-refractivity contribution in [2.75, 3.05) is 31.6 Å². The number of thioether (sulfide) groups is 1.